The Labute approximate surface area is 135 Å². The zero-order chi connectivity index (χ0) is 16.8. The second-order valence-corrected chi connectivity index (χ2v) is 5.24. The number of esters is 1. The predicted molar refractivity (Wildman–Crippen MR) is 89.7 cm³/mol. The molecule has 0 aromatic heterocycles. The fraction of sp³-hybridized carbons (Fsp3) is 0.211. The molecule has 0 fully saturated rings. The molecular formula is C19H20FNO2. The van der Waals surface area contributed by atoms with Gasteiger partial charge in [0.2, 0.25) is 0 Å². The third kappa shape index (κ3) is 4.42. The predicted octanol–water partition coefficient (Wildman–Crippen LogP) is 4.41. The quantitative estimate of drug-likeness (QED) is 0.634. The Morgan fingerprint density at radius 2 is 1.78 bits per heavy atom. The van der Waals surface area contributed by atoms with Crippen LogP contribution < -0.4 is 5.32 Å². The van der Waals surface area contributed by atoms with Crippen molar-refractivity contribution in [3.8, 4) is 0 Å². The van der Waals surface area contributed by atoms with E-state index in [0.717, 1.165) is 11.1 Å². The van der Waals surface area contributed by atoms with Gasteiger partial charge in [0.05, 0.1) is 18.2 Å². The van der Waals surface area contributed by atoms with Gasteiger partial charge in [-0.1, -0.05) is 36.4 Å². The average molecular weight is 313 g/mol. The summed E-state index contributed by atoms with van der Waals surface area (Å²) in [6.45, 7) is 7.90. The Morgan fingerprint density at radius 3 is 2.35 bits per heavy atom. The first-order valence-electron chi connectivity index (χ1n) is 7.46. The van der Waals surface area contributed by atoms with Gasteiger partial charge >= 0.3 is 5.97 Å². The number of rotatable bonds is 6. The van der Waals surface area contributed by atoms with Crippen LogP contribution in [0.15, 0.2) is 60.7 Å². The van der Waals surface area contributed by atoms with Crippen molar-refractivity contribution in [2.24, 2.45) is 0 Å². The molecule has 0 aliphatic carbocycles. The van der Waals surface area contributed by atoms with E-state index < -0.39 is 12.0 Å². The molecule has 2 rings (SSSR count). The van der Waals surface area contributed by atoms with Crippen molar-refractivity contribution in [2.45, 2.75) is 19.9 Å². The van der Waals surface area contributed by atoms with Crippen LogP contribution >= 0.6 is 0 Å². The maximum absolute atomic E-state index is 13.1. The number of ether oxygens (including phenoxy) is 1. The lowest BCUT2D eigenvalue weighted by Crippen LogP contribution is -2.20. The molecule has 2 aromatic carbocycles. The molecule has 4 heteroatoms. The first kappa shape index (κ1) is 16.7. The minimum atomic E-state index is -0.451. The molecule has 3 nitrogen and oxygen atoms in total. The molecule has 0 aliphatic rings. The van der Waals surface area contributed by atoms with Crippen LogP contribution in [0.5, 0.6) is 0 Å². The highest BCUT2D eigenvalue weighted by atomic mass is 19.1. The highest BCUT2D eigenvalue weighted by Crippen LogP contribution is 2.27. The monoisotopic (exact) mass is 313 g/mol. The SMILES string of the molecule is C=C(C(=O)OCC)[C@@H](Nc1ccc(F)cc1)c1ccc(C)cc1. The number of halogens is 1. The Morgan fingerprint density at radius 1 is 1.17 bits per heavy atom. The van der Waals surface area contributed by atoms with Crippen LogP contribution in [0.1, 0.15) is 24.1 Å². The molecule has 0 saturated heterocycles. The van der Waals surface area contributed by atoms with E-state index in [1.807, 2.05) is 31.2 Å². The minimum absolute atomic E-state index is 0.287. The van der Waals surface area contributed by atoms with Crippen molar-refractivity contribution in [1.82, 2.24) is 0 Å². The smallest absolute Gasteiger partial charge is 0.335 e. The maximum atomic E-state index is 13.1. The molecule has 0 aliphatic heterocycles. The summed E-state index contributed by atoms with van der Waals surface area (Å²) < 4.78 is 18.1. The lowest BCUT2D eigenvalue weighted by Gasteiger charge is -2.22. The van der Waals surface area contributed by atoms with Gasteiger partial charge < -0.3 is 10.1 Å². The van der Waals surface area contributed by atoms with E-state index in [-0.39, 0.29) is 12.4 Å². The molecule has 0 unspecified atom stereocenters. The number of aryl methyl sites for hydroxylation is 1. The van der Waals surface area contributed by atoms with E-state index in [0.29, 0.717) is 11.3 Å². The normalized spacial score (nSPS) is 11.6. The molecule has 2 aromatic rings. The number of benzene rings is 2. The van der Waals surface area contributed by atoms with Crippen molar-refractivity contribution >= 4 is 11.7 Å². The molecular weight excluding hydrogens is 293 g/mol. The number of carbonyl (C=O) groups excluding carboxylic acids is 1. The minimum Gasteiger partial charge on any atom is -0.463 e. The Kier molecular flexibility index (Phi) is 5.52. The van der Waals surface area contributed by atoms with Crippen molar-refractivity contribution in [3.63, 3.8) is 0 Å². The average Bonchev–Trinajstić information content (AvgIpc) is 2.55. The van der Waals surface area contributed by atoms with Crippen LogP contribution in [0.2, 0.25) is 0 Å². The summed E-state index contributed by atoms with van der Waals surface area (Å²) in [5.74, 6) is -0.764. The van der Waals surface area contributed by atoms with Crippen LogP contribution in [-0.4, -0.2) is 12.6 Å². The fourth-order valence-corrected chi connectivity index (χ4v) is 2.18. The zero-order valence-corrected chi connectivity index (χ0v) is 13.3. The van der Waals surface area contributed by atoms with Crippen LogP contribution in [0.4, 0.5) is 10.1 Å². The molecule has 0 heterocycles. The van der Waals surface area contributed by atoms with Crippen LogP contribution in [0.3, 0.4) is 0 Å². The number of hydrogen-bond acceptors (Lipinski definition) is 3. The lowest BCUT2D eigenvalue weighted by molar-refractivity contribution is -0.138. The summed E-state index contributed by atoms with van der Waals surface area (Å²) in [4.78, 5) is 12.0. The summed E-state index contributed by atoms with van der Waals surface area (Å²) in [7, 11) is 0. The van der Waals surface area contributed by atoms with Gasteiger partial charge in [0.25, 0.3) is 0 Å². The summed E-state index contributed by atoms with van der Waals surface area (Å²) in [6.07, 6.45) is 0. The Hall–Kier alpha value is -2.62. The van der Waals surface area contributed by atoms with E-state index in [1.165, 1.54) is 12.1 Å². The van der Waals surface area contributed by atoms with Gasteiger partial charge in [-0.2, -0.15) is 0 Å². The highest BCUT2D eigenvalue weighted by Gasteiger charge is 2.22. The summed E-state index contributed by atoms with van der Waals surface area (Å²) in [5.41, 5.74) is 3.01. The fourth-order valence-electron chi connectivity index (χ4n) is 2.18. The summed E-state index contributed by atoms with van der Waals surface area (Å²) in [6, 6.07) is 13.3. The first-order valence-corrected chi connectivity index (χ1v) is 7.46. The lowest BCUT2D eigenvalue weighted by atomic mass is 9.98. The number of carbonyl (C=O) groups is 1. The molecule has 120 valence electrons. The van der Waals surface area contributed by atoms with Gasteiger partial charge in [0.15, 0.2) is 0 Å². The molecule has 0 radical (unpaired) electrons. The topological polar surface area (TPSA) is 38.3 Å². The summed E-state index contributed by atoms with van der Waals surface area (Å²) >= 11 is 0. The molecule has 1 N–H and O–H groups in total. The largest absolute Gasteiger partial charge is 0.463 e. The van der Waals surface area contributed by atoms with E-state index in [4.69, 9.17) is 4.74 Å². The number of hydrogen-bond donors (Lipinski definition) is 1. The third-order valence-corrected chi connectivity index (χ3v) is 3.45. The summed E-state index contributed by atoms with van der Waals surface area (Å²) in [5, 5.41) is 3.21. The van der Waals surface area contributed by atoms with Crippen LogP contribution in [0.25, 0.3) is 0 Å². The number of nitrogens with one attached hydrogen (secondary N) is 1. The van der Waals surface area contributed by atoms with Crippen molar-refractivity contribution in [2.75, 3.05) is 11.9 Å². The highest BCUT2D eigenvalue weighted by molar-refractivity contribution is 5.90. The van der Waals surface area contributed by atoms with E-state index in [1.54, 1.807) is 19.1 Å². The van der Waals surface area contributed by atoms with Gasteiger partial charge in [0, 0.05) is 5.69 Å². The molecule has 0 amide bonds. The first-order chi connectivity index (χ1) is 11.0. The second-order valence-electron chi connectivity index (χ2n) is 5.24. The zero-order valence-electron chi connectivity index (χ0n) is 13.3. The second kappa shape index (κ2) is 7.58. The van der Waals surface area contributed by atoms with E-state index in [2.05, 4.69) is 11.9 Å². The molecule has 1 atom stereocenters. The molecule has 23 heavy (non-hydrogen) atoms. The van der Waals surface area contributed by atoms with E-state index in [9.17, 15) is 9.18 Å². The van der Waals surface area contributed by atoms with Crippen LogP contribution in [0, 0.1) is 12.7 Å². The van der Waals surface area contributed by atoms with Crippen molar-refractivity contribution < 1.29 is 13.9 Å². The van der Waals surface area contributed by atoms with Gasteiger partial charge in [0.1, 0.15) is 5.82 Å². The molecule has 0 spiro atoms. The van der Waals surface area contributed by atoms with Gasteiger partial charge in [-0.05, 0) is 43.7 Å². The Balaban J connectivity index is 2.30. The van der Waals surface area contributed by atoms with Gasteiger partial charge in [-0.3, -0.25) is 0 Å². The van der Waals surface area contributed by atoms with Crippen molar-refractivity contribution in [3.05, 3.63) is 77.6 Å². The standard InChI is InChI=1S/C19H20FNO2/c1-4-23-19(22)14(3)18(15-7-5-13(2)6-8-15)21-17-11-9-16(20)10-12-17/h5-12,18,21H,3-4H2,1-2H3/t18-/m1/s1. The number of anilines is 1. The van der Waals surface area contributed by atoms with Gasteiger partial charge in [-0.15, -0.1) is 0 Å². The molecule has 0 bridgehead atoms. The van der Waals surface area contributed by atoms with Gasteiger partial charge in [-0.25, -0.2) is 9.18 Å². The maximum Gasteiger partial charge on any atom is 0.335 e. The van der Waals surface area contributed by atoms with E-state index >= 15 is 0 Å². The van der Waals surface area contributed by atoms with Crippen LogP contribution in [-0.2, 0) is 9.53 Å². The third-order valence-electron chi connectivity index (χ3n) is 3.45. The molecule has 0 saturated carbocycles. The van der Waals surface area contributed by atoms with Crippen molar-refractivity contribution in [1.29, 1.82) is 0 Å². The Bertz CT molecular complexity index is 678.